The summed E-state index contributed by atoms with van der Waals surface area (Å²) in [5.74, 6) is 0.244. The van der Waals surface area contributed by atoms with Gasteiger partial charge >= 0.3 is 13.4 Å². The number of aliphatic hydroxyl groups excluding tert-OH is 1. The number of aliphatic hydroxyl groups is 1. The van der Waals surface area contributed by atoms with Crippen LogP contribution in [0, 0.1) is 6.92 Å². The molecule has 1 unspecified atom stereocenters. The van der Waals surface area contributed by atoms with E-state index in [9.17, 15) is 23.7 Å². The molecular formula is C21H27FN3O9P. The van der Waals surface area contributed by atoms with Gasteiger partial charge in [-0.2, -0.15) is 0 Å². The second-order valence-corrected chi connectivity index (χ2v) is 9.90. The van der Waals surface area contributed by atoms with E-state index in [4.69, 9.17) is 23.3 Å². The van der Waals surface area contributed by atoms with Crippen molar-refractivity contribution in [3.05, 3.63) is 62.9 Å². The van der Waals surface area contributed by atoms with E-state index in [1.165, 1.54) is 6.92 Å². The monoisotopic (exact) mass is 515 g/mol. The molecule has 0 aliphatic carbocycles. The van der Waals surface area contributed by atoms with Crippen LogP contribution in [0.2, 0.25) is 0 Å². The number of aryl methyl sites for hydroxylation is 1. The second-order valence-electron chi connectivity index (χ2n) is 8.20. The van der Waals surface area contributed by atoms with Crippen molar-refractivity contribution < 1.29 is 37.3 Å². The molecular weight excluding hydrogens is 488 g/mol. The number of rotatable bonds is 9. The molecule has 2 saturated heterocycles. The van der Waals surface area contributed by atoms with Gasteiger partial charge in [-0.3, -0.25) is 18.9 Å². The number of halogens is 1. The fourth-order valence-corrected chi connectivity index (χ4v) is 5.24. The number of ether oxygens (including phenoxy) is 3. The van der Waals surface area contributed by atoms with Crippen LogP contribution < -0.4 is 20.9 Å². The predicted octanol–water partition coefficient (Wildman–Crippen LogP) is 0.996. The third kappa shape index (κ3) is 5.89. The summed E-state index contributed by atoms with van der Waals surface area (Å²) in [6.45, 7) is 3.33. The average molecular weight is 515 g/mol. The number of alkyl halides is 1. The van der Waals surface area contributed by atoms with E-state index in [-0.39, 0.29) is 11.3 Å². The molecule has 0 bridgehead atoms. The van der Waals surface area contributed by atoms with Gasteiger partial charge < -0.3 is 23.8 Å². The lowest BCUT2D eigenvalue weighted by molar-refractivity contribution is -0.0617. The number of hydrogen-bond donors (Lipinski definition) is 3. The Morgan fingerprint density at radius 2 is 1.97 bits per heavy atom. The van der Waals surface area contributed by atoms with Gasteiger partial charge in [0.2, 0.25) is 0 Å². The van der Waals surface area contributed by atoms with E-state index in [2.05, 4.69) is 10.1 Å². The minimum atomic E-state index is -4.10. The van der Waals surface area contributed by atoms with Crippen molar-refractivity contribution in [2.45, 2.75) is 50.8 Å². The van der Waals surface area contributed by atoms with E-state index in [1.54, 1.807) is 37.3 Å². The highest BCUT2D eigenvalue weighted by Crippen LogP contribution is 2.46. The fourth-order valence-electron chi connectivity index (χ4n) is 3.70. The summed E-state index contributed by atoms with van der Waals surface area (Å²) >= 11 is 0. The summed E-state index contributed by atoms with van der Waals surface area (Å²) in [5.41, 5.74) is -1.36. The van der Waals surface area contributed by atoms with Crippen molar-refractivity contribution in [2.75, 3.05) is 19.8 Å². The Balaban J connectivity index is 1.49. The number of para-hydroxylation sites is 1. The fraction of sp³-hybridized carbons (Fsp3) is 0.524. The molecule has 3 heterocycles. The first-order valence-corrected chi connectivity index (χ1v) is 12.5. The SMILES string of the molecule is Cc1cn([C@H]2O[C@@H](COP(=O)(N[C@@H](C)C3OCCO3)Oc3ccccc3)[C@H](O)[C@H]2F)c(=O)[nH]c1=O. The number of hydrogen-bond acceptors (Lipinski definition) is 9. The Morgan fingerprint density at radius 1 is 1.29 bits per heavy atom. The van der Waals surface area contributed by atoms with Gasteiger partial charge in [-0.1, -0.05) is 18.2 Å². The Kier molecular flexibility index (Phi) is 7.86. The van der Waals surface area contributed by atoms with Crippen molar-refractivity contribution >= 4 is 7.75 Å². The maximum absolute atomic E-state index is 14.9. The van der Waals surface area contributed by atoms with E-state index in [0.29, 0.717) is 13.2 Å². The number of nitrogens with one attached hydrogen (secondary N) is 2. The van der Waals surface area contributed by atoms with Crippen LogP contribution in [0.25, 0.3) is 0 Å². The summed E-state index contributed by atoms with van der Waals surface area (Å²) in [7, 11) is -4.10. The molecule has 3 N–H and O–H groups in total. The zero-order chi connectivity index (χ0) is 25.2. The van der Waals surface area contributed by atoms with Crippen molar-refractivity contribution in [3.8, 4) is 5.75 Å². The first kappa shape index (κ1) is 25.7. The maximum Gasteiger partial charge on any atom is 0.459 e. The Bertz CT molecular complexity index is 1170. The van der Waals surface area contributed by atoms with Crippen LogP contribution in [-0.4, -0.2) is 65.2 Å². The first-order valence-electron chi connectivity index (χ1n) is 11.0. The van der Waals surface area contributed by atoms with E-state index < -0.39 is 62.5 Å². The molecule has 0 spiro atoms. The van der Waals surface area contributed by atoms with Crippen LogP contribution in [0.1, 0.15) is 18.7 Å². The van der Waals surface area contributed by atoms with Crippen LogP contribution in [0.3, 0.4) is 0 Å². The van der Waals surface area contributed by atoms with Gasteiger partial charge in [-0.05, 0) is 26.0 Å². The van der Waals surface area contributed by atoms with Gasteiger partial charge in [-0.15, -0.1) is 0 Å². The molecule has 14 heteroatoms. The highest BCUT2D eigenvalue weighted by Gasteiger charge is 2.47. The van der Waals surface area contributed by atoms with Crippen molar-refractivity contribution in [3.63, 3.8) is 0 Å². The molecule has 1 aromatic heterocycles. The number of H-pyrrole nitrogens is 1. The summed E-state index contributed by atoms with van der Waals surface area (Å²) in [4.78, 5) is 25.8. The first-order chi connectivity index (χ1) is 16.7. The molecule has 12 nitrogen and oxygen atoms in total. The Labute approximate surface area is 199 Å². The molecule has 2 aliphatic rings. The average Bonchev–Trinajstić information content (AvgIpc) is 3.45. The highest BCUT2D eigenvalue weighted by molar-refractivity contribution is 7.52. The molecule has 6 atom stereocenters. The molecule has 0 amide bonds. The van der Waals surface area contributed by atoms with Crippen LogP contribution >= 0.6 is 7.75 Å². The summed E-state index contributed by atoms with van der Waals surface area (Å²) < 4.78 is 56.8. The van der Waals surface area contributed by atoms with Gasteiger partial charge in [0, 0.05) is 11.8 Å². The lowest BCUT2D eigenvalue weighted by Gasteiger charge is -2.27. The standard InChI is InChI=1S/C21H27FN3O9P/c1-12-10-25(21(28)23-18(12)27)19-16(22)17(26)15(33-19)11-32-35(29,34-14-6-4-3-5-7-14)24-13(2)20-30-8-9-31-20/h3-7,10,13,15-17,19-20,26H,8-9,11H2,1-2H3,(H,24,29)(H,23,27,28)/t13-,15-,16+,17-,19-,35?/m0/s1. The molecule has 1 aromatic carbocycles. The quantitative estimate of drug-likeness (QED) is 0.413. The number of aromatic amines is 1. The lowest BCUT2D eigenvalue weighted by atomic mass is 10.1. The smallest absolute Gasteiger partial charge is 0.413 e. The van der Waals surface area contributed by atoms with Crippen molar-refractivity contribution in [1.82, 2.24) is 14.6 Å². The summed E-state index contributed by atoms with van der Waals surface area (Å²) in [6, 6.07) is 7.65. The third-order valence-corrected chi connectivity index (χ3v) is 7.17. The van der Waals surface area contributed by atoms with Crippen LogP contribution in [0.5, 0.6) is 5.75 Å². The van der Waals surface area contributed by atoms with Crippen LogP contribution in [0.15, 0.2) is 46.1 Å². The zero-order valence-corrected chi connectivity index (χ0v) is 19.9. The van der Waals surface area contributed by atoms with E-state index in [0.717, 1.165) is 10.8 Å². The van der Waals surface area contributed by atoms with Gasteiger partial charge in [0.1, 0.15) is 18.0 Å². The number of aromatic nitrogens is 2. The van der Waals surface area contributed by atoms with Crippen LogP contribution in [-0.2, 0) is 23.3 Å². The molecule has 2 fully saturated rings. The zero-order valence-electron chi connectivity index (χ0n) is 19.0. The largest absolute Gasteiger partial charge is 0.459 e. The van der Waals surface area contributed by atoms with Gasteiger partial charge in [0.05, 0.1) is 25.9 Å². The van der Waals surface area contributed by atoms with Crippen LogP contribution in [0.4, 0.5) is 4.39 Å². The molecule has 2 aromatic rings. The minimum Gasteiger partial charge on any atom is -0.413 e. The van der Waals surface area contributed by atoms with E-state index >= 15 is 0 Å². The number of nitrogens with zero attached hydrogens (tertiary/aromatic N) is 1. The predicted molar refractivity (Wildman–Crippen MR) is 120 cm³/mol. The van der Waals surface area contributed by atoms with Gasteiger partial charge in [0.15, 0.2) is 18.7 Å². The van der Waals surface area contributed by atoms with Gasteiger partial charge in [0.25, 0.3) is 5.56 Å². The summed E-state index contributed by atoms with van der Waals surface area (Å²) in [5, 5.41) is 13.1. The van der Waals surface area contributed by atoms with Crippen molar-refractivity contribution in [1.29, 1.82) is 0 Å². The molecule has 192 valence electrons. The maximum atomic E-state index is 14.9. The second kappa shape index (κ2) is 10.7. The topological polar surface area (TPSA) is 150 Å². The van der Waals surface area contributed by atoms with E-state index in [1.807, 2.05) is 0 Å². The van der Waals surface area contributed by atoms with Crippen molar-refractivity contribution in [2.24, 2.45) is 0 Å². The normalized spacial score (nSPS) is 27.5. The third-order valence-electron chi connectivity index (χ3n) is 5.51. The molecule has 0 saturated carbocycles. The molecule has 35 heavy (non-hydrogen) atoms. The van der Waals surface area contributed by atoms with Gasteiger partial charge in [-0.25, -0.2) is 18.8 Å². The number of benzene rings is 1. The Hall–Kier alpha value is -2.38. The molecule has 0 radical (unpaired) electrons. The molecule has 2 aliphatic heterocycles. The lowest BCUT2D eigenvalue weighted by Crippen LogP contribution is -2.38. The minimum absolute atomic E-state index is 0.157. The highest BCUT2D eigenvalue weighted by atomic mass is 31.2. The Morgan fingerprint density at radius 3 is 2.66 bits per heavy atom. The summed E-state index contributed by atoms with van der Waals surface area (Å²) in [6.07, 6.45) is -6.09. The molecule has 4 rings (SSSR count).